The Labute approximate surface area is 141 Å². The molecule has 1 aliphatic heterocycles. The number of sulfonamides is 1. The molecule has 0 saturated carbocycles. The second kappa shape index (κ2) is 7.96. The molecule has 0 spiro atoms. The summed E-state index contributed by atoms with van der Waals surface area (Å²) >= 11 is 0. The number of hydrogen-bond donors (Lipinski definition) is 1. The van der Waals surface area contributed by atoms with Crippen molar-refractivity contribution in [1.82, 2.24) is 4.72 Å². The Morgan fingerprint density at radius 3 is 2.75 bits per heavy atom. The van der Waals surface area contributed by atoms with Gasteiger partial charge in [-0.25, -0.2) is 13.1 Å². The van der Waals surface area contributed by atoms with Crippen molar-refractivity contribution in [2.24, 2.45) is 5.11 Å². The van der Waals surface area contributed by atoms with E-state index < -0.39 is 21.9 Å². The van der Waals surface area contributed by atoms with Gasteiger partial charge >= 0.3 is 0 Å². The lowest BCUT2D eigenvalue weighted by molar-refractivity contribution is -0.281. The van der Waals surface area contributed by atoms with Crippen LogP contribution in [0.3, 0.4) is 0 Å². The minimum absolute atomic E-state index is 0.197. The minimum Gasteiger partial charge on any atom is -0.349 e. The predicted molar refractivity (Wildman–Crippen MR) is 88.7 cm³/mol. The third-order valence-electron chi connectivity index (χ3n) is 3.66. The van der Waals surface area contributed by atoms with E-state index in [0.29, 0.717) is 19.4 Å². The molecule has 9 heteroatoms. The molecule has 0 radical (unpaired) electrons. The quantitative estimate of drug-likeness (QED) is 0.351. The van der Waals surface area contributed by atoms with Crippen LogP contribution in [0, 0.1) is 0 Å². The van der Waals surface area contributed by atoms with Gasteiger partial charge in [0, 0.05) is 11.5 Å². The molecule has 2 rings (SSSR count). The first-order chi connectivity index (χ1) is 11.3. The molecular weight excluding hydrogens is 332 g/mol. The first-order valence-electron chi connectivity index (χ1n) is 7.74. The summed E-state index contributed by atoms with van der Waals surface area (Å²) in [6.45, 7) is 4.13. The van der Waals surface area contributed by atoms with E-state index in [4.69, 9.17) is 15.0 Å². The number of ether oxygens (including phenoxy) is 2. The molecule has 0 aliphatic carbocycles. The average Bonchev–Trinajstić information content (AvgIpc) is 2.54. The van der Waals surface area contributed by atoms with Gasteiger partial charge < -0.3 is 9.47 Å². The molecule has 24 heavy (non-hydrogen) atoms. The lowest BCUT2D eigenvalue weighted by atomic mass is 10.1. The molecule has 2 atom stereocenters. The molecule has 1 saturated heterocycles. The second-order valence-corrected chi connectivity index (χ2v) is 7.72. The number of rotatable bonds is 7. The van der Waals surface area contributed by atoms with Crippen LogP contribution in [0.25, 0.3) is 10.4 Å². The highest BCUT2D eigenvalue weighted by Gasteiger charge is 2.38. The van der Waals surface area contributed by atoms with E-state index in [0.717, 1.165) is 0 Å². The molecule has 1 fully saturated rings. The highest BCUT2D eigenvalue weighted by molar-refractivity contribution is 7.89. The van der Waals surface area contributed by atoms with Gasteiger partial charge in [-0.2, -0.15) is 0 Å². The highest BCUT2D eigenvalue weighted by atomic mass is 32.2. The van der Waals surface area contributed by atoms with Gasteiger partial charge in [0.2, 0.25) is 10.0 Å². The van der Waals surface area contributed by atoms with Gasteiger partial charge in [0.25, 0.3) is 0 Å². The van der Waals surface area contributed by atoms with Crippen LogP contribution in [0.4, 0.5) is 0 Å². The first kappa shape index (κ1) is 18.7. The van der Waals surface area contributed by atoms with Crippen LogP contribution in [-0.4, -0.2) is 39.5 Å². The first-order valence-corrected chi connectivity index (χ1v) is 9.22. The van der Waals surface area contributed by atoms with Crippen LogP contribution in [0.15, 0.2) is 40.3 Å². The van der Waals surface area contributed by atoms with Crippen molar-refractivity contribution in [3.05, 3.63) is 40.8 Å². The lowest BCUT2D eigenvalue weighted by Crippen LogP contribution is -2.55. The topological polar surface area (TPSA) is 113 Å². The Kier molecular flexibility index (Phi) is 6.20. The molecule has 0 unspecified atom stereocenters. The summed E-state index contributed by atoms with van der Waals surface area (Å²) in [5, 5.41) is 3.49. The van der Waals surface area contributed by atoms with E-state index in [1.807, 2.05) is 0 Å². The van der Waals surface area contributed by atoms with Crippen LogP contribution in [0.5, 0.6) is 0 Å². The van der Waals surface area contributed by atoms with Crippen LogP contribution >= 0.6 is 0 Å². The lowest BCUT2D eigenvalue weighted by Gasteiger charge is -2.41. The normalized spacial score (nSPS) is 23.4. The number of azide groups is 1. The molecule has 0 aromatic heterocycles. The van der Waals surface area contributed by atoms with Gasteiger partial charge in [0.15, 0.2) is 5.79 Å². The summed E-state index contributed by atoms with van der Waals surface area (Å²) in [6.07, 6.45) is 0.809. The van der Waals surface area contributed by atoms with Crippen molar-refractivity contribution in [1.29, 1.82) is 0 Å². The molecule has 1 aliphatic rings. The molecule has 1 aromatic rings. The number of nitrogens with one attached hydrogen (secondary N) is 1. The van der Waals surface area contributed by atoms with E-state index in [1.165, 1.54) is 12.1 Å². The van der Waals surface area contributed by atoms with Gasteiger partial charge in [0.05, 0.1) is 23.6 Å². The molecule has 0 amide bonds. The van der Waals surface area contributed by atoms with E-state index in [9.17, 15) is 8.42 Å². The summed E-state index contributed by atoms with van der Waals surface area (Å²) in [7, 11) is -3.66. The average molecular weight is 354 g/mol. The molecule has 0 bridgehead atoms. The van der Waals surface area contributed by atoms with E-state index >= 15 is 0 Å². The van der Waals surface area contributed by atoms with Crippen molar-refractivity contribution in [3.8, 4) is 0 Å². The maximum absolute atomic E-state index is 12.5. The van der Waals surface area contributed by atoms with Crippen LogP contribution in [-0.2, 0) is 19.5 Å². The maximum atomic E-state index is 12.5. The van der Waals surface area contributed by atoms with Crippen LogP contribution in [0.1, 0.15) is 26.7 Å². The Morgan fingerprint density at radius 1 is 1.38 bits per heavy atom. The minimum atomic E-state index is -3.66. The Balaban J connectivity index is 2.09. The van der Waals surface area contributed by atoms with Crippen molar-refractivity contribution < 1.29 is 17.9 Å². The summed E-state index contributed by atoms with van der Waals surface area (Å²) < 4.78 is 39.1. The summed E-state index contributed by atoms with van der Waals surface area (Å²) in [6, 6.07) is 7.66. The summed E-state index contributed by atoms with van der Waals surface area (Å²) in [5.74, 6) is -0.780. The van der Waals surface area contributed by atoms with E-state index in [1.54, 1.807) is 32.0 Å². The predicted octanol–water partition coefficient (Wildman–Crippen LogP) is 2.58. The highest BCUT2D eigenvalue weighted by Crippen LogP contribution is 2.26. The van der Waals surface area contributed by atoms with Gasteiger partial charge in [-0.3, -0.25) is 0 Å². The molecule has 1 aromatic carbocycles. The van der Waals surface area contributed by atoms with Gasteiger partial charge in [-0.15, -0.1) is 0 Å². The van der Waals surface area contributed by atoms with Gasteiger partial charge in [0.1, 0.15) is 0 Å². The van der Waals surface area contributed by atoms with E-state index in [-0.39, 0.29) is 17.6 Å². The van der Waals surface area contributed by atoms with Crippen molar-refractivity contribution in [2.75, 3.05) is 13.2 Å². The largest absolute Gasteiger partial charge is 0.349 e. The summed E-state index contributed by atoms with van der Waals surface area (Å²) in [5.41, 5.74) is 8.33. The van der Waals surface area contributed by atoms with E-state index in [2.05, 4.69) is 14.7 Å². The molecule has 1 heterocycles. The molecule has 8 nitrogen and oxygen atoms in total. The molecule has 1 N–H and O–H groups in total. The van der Waals surface area contributed by atoms with Gasteiger partial charge in [-0.05, 0) is 44.4 Å². The second-order valence-electron chi connectivity index (χ2n) is 6.00. The standard InChI is InChI=1S/C15H22N4O4S/c1-15(2)22-11-13(14(23-15)9-6-10-17-19-16)18-24(20,21)12-7-4-3-5-8-12/h3-5,7-8,13-14,18H,6,9-11H2,1-2H3/t13-,14-/m0/s1. The monoisotopic (exact) mass is 354 g/mol. The smallest absolute Gasteiger partial charge is 0.240 e. The Hall–Kier alpha value is -1.64. The Morgan fingerprint density at radius 2 is 2.08 bits per heavy atom. The fourth-order valence-corrected chi connectivity index (χ4v) is 3.79. The SMILES string of the molecule is CC1(C)OC[C@H](NS(=O)(=O)c2ccccc2)[C@H](CCCN=[N+]=[N-])O1. The Bertz CT molecular complexity index is 687. The molecular formula is C15H22N4O4S. The zero-order valence-electron chi connectivity index (χ0n) is 13.8. The third kappa shape index (κ3) is 5.19. The fourth-order valence-electron chi connectivity index (χ4n) is 2.52. The van der Waals surface area contributed by atoms with Crippen molar-refractivity contribution in [2.45, 2.75) is 49.5 Å². The van der Waals surface area contributed by atoms with Crippen molar-refractivity contribution in [3.63, 3.8) is 0 Å². The van der Waals surface area contributed by atoms with Crippen molar-refractivity contribution >= 4 is 10.0 Å². The fraction of sp³-hybridized carbons (Fsp3) is 0.600. The van der Waals surface area contributed by atoms with Crippen LogP contribution in [0.2, 0.25) is 0 Å². The third-order valence-corrected chi connectivity index (χ3v) is 5.17. The van der Waals surface area contributed by atoms with Gasteiger partial charge in [-0.1, -0.05) is 23.3 Å². The number of hydrogen-bond acceptors (Lipinski definition) is 5. The zero-order valence-corrected chi connectivity index (χ0v) is 14.6. The maximum Gasteiger partial charge on any atom is 0.240 e. The number of benzene rings is 1. The summed E-state index contributed by atoms with van der Waals surface area (Å²) in [4.78, 5) is 2.91. The zero-order chi connectivity index (χ0) is 17.6. The van der Waals surface area contributed by atoms with Crippen LogP contribution < -0.4 is 4.72 Å². The molecule has 132 valence electrons. The number of nitrogens with zero attached hydrogens (tertiary/aromatic N) is 3.